The molecule has 1 aromatic heterocycles. The zero-order valence-corrected chi connectivity index (χ0v) is 8.24. The first kappa shape index (κ1) is 12.9. The van der Waals surface area contributed by atoms with Gasteiger partial charge in [0.1, 0.15) is 0 Å². The summed E-state index contributed by atoms with van der Waals surface area (Å²) in [7, 11) is 0. The summed E-state index contributed by atoms with van der Waals surface area (Å²) in [5.41, 5.74) is 1.77. The Labute approximate surface area is 85.8 Å². The number of rotatable bonds is 3. The smallest absolute Gasteiger partial charge is 0.216 e. The van der Waals surface area contributed by atoms with Crippen LogP contribution in [0.1, 0.15) is 32.4 Å². The number of nitrogens with zero attached hydrogens (tertiary/aromatic N) is 1. The largest absolute Gasteiger partial charge is 0.475 e. The molecule has 0 spiro atoms. The van der Waals surface area contributed by atoms with E-state index in [1.807, 2.05) is 26.8 Å². The number of hydrogen-bond donors (Lipinski definition) is 1. The SMILES string of the molecule is C.Cc1cc(CO)cnc1OC(C)C. The van der Waals surface area contributed by atoms with Gasteiger partial charge in [-0.1, -0.05) is 7.43 Å². The Hall–Kier alpha value is -1.09. The molecule has 0 aliphatic carbocycles. The zero-order chi connectivity index (χ0) is 9.84. The highest BCUT2D eigenvalue weighted by molar-refractivity contribution is 5.28. The summed E-state index contributed by atoms with van der Waals surface area (Å²) in [5.74, 6) is 0.646. The van der Waals surface area contributed by atoms with Crippen LogP contribution in [0.2, 0.25) is 0 Å². The van der Waals surface area contributed by atoms with Gasteiger partial charge in [0, 0.05) is 11.8 Å². The molecule has 3 nitrogen and oxygen atoms in total. The molecule has 0 fully saturated rings. The predicted molar refractivity (Wildman–Crippen MR) is 57.4 cm³/mol. The Morgan fingerprint density at radius 2 is 2.14 bits per heavy atom. The van der Waals surface area contributed by atoms with E-state index < -0.39 is 0 Å². The van der Waals surface area contributed by atoms with Crippen LogP contribution in [0.25, 0.3) is 0 Å². The molecule has 1 aromatic rings. The van der Waals surface area contributed by atoms with Gasteiger partial charge in [-0.05, 0) is 32.4 Å². The summed E-state index contributed by atoms with van der Waals surface area (Å²) >= 11 is 0. The molecule has 0 saturated heterocycles. The minimum atomic E-state index is 0. The number of aliphatic hydroxyl groups is 1. The summed E-state index contributed by atoms with van der Waals surface area (Å²) in [4.78, 5) is 4.11. The minimum Gasteiger partial charge on any atom is -0.475 e. The number of aromatic nitrogens is 1. The number of ether oxygens (including phenoxy) is 1. The Morgan fingerprint density at radius 1 is 1.50 bits per heavy atom. The van der Waals surface area contributed by atoms with Crippen LogP contribution in [0, 0.1) is 6.92 Å². The molecular formula is C11H19NO2. The van der Waals surface area contributed by atoms with Crippen LogP contribution >= 0.6 is 0 Å². The molecule has 0 radical (unpaired) electrons. The normalized spacial score (nSPS) is 9.79. The van der Waals surface area contributed by atoms with E-state index in [1.54, 1.807) is 6.20 Å². The first-order valence-corrected chi connectivity index (χ1v) is 4.36. The van der Waals surface area contributed by atoms with Crippen molar-refractivity contribution in [1.82, 2.24) is 4.98 Å². The molecular weight excluding hydrogens is 178 g/mol. The van der Waals surface area contributed by atoms with Crippen molar-refractivity contribution in [2.75, 3.05) is 0 Å². The minimum absolute atomic E-state index is 0. The quantitative estimate of drug-likeness (QED) is 0.808. The van der Waals surface area contributed by atoms with E-state index in [9.17, 15) is 0 Å². The van der Waals surface area contributed by atoms with Crippen LogP contribution in [-0.2, 0) is 6.61 Å². The number of aliphatic hydroxyl groups excluding tert-OH is 1. The van der Waals surface area contributed by atoms with Crippen LogP contribution < -0.4 is 4.74 Å². The van der Waals surface area contributed by atoms with Crippen LogP contribution in [0.3, 0.4) is 0 Å². The van der Waals surface area contributed by atoms with E-state index in [-0.39, 0.29) is 20.1 Å². The maximum absolute atomic E-state index is 8.85. The molecule has 0 atom stereocenters. The van der Waals surface area contributed by atoms with Crippen molar-refractivity contribution in [2.24, 2.45) is 0 Å². The first-order chi connectivity index (χ1) is 6.13. The molecule has 0 aliphatic rings. The zero-order valence-electron chi connectivity index (χ0n) is 8.24. The summed E-state index contributed by atoms with van der Waals surface area (Å²) in [6.07, 6.45) is 1.76. The number of pyridine rings is 1. The second kappa shape index (κ2) is 5.60. The first-order valence-electron chi connectivity index (χ1n) is 4.36. The second-order valence-corrected chi connectivity index (χ2v) is 3.29. The van der Waals surface area contributed by atoms with Crippen LogP contribution in [0.15, 0.2) is 12.3 Å². The lowest BCUT2D eigenvalue weighted by atomic mass is 10.2. The van der Waals surface area contributed by atoms with Crippen molar-refractivity contribution in [1.29, 1.82) is 0 Å². The van der Waals surface area contributed by atoms with Crippen molar-refractivity contribution in [2.45, 2.75) is 40.9 Å². The van der Waals surface area contributed by atoms with Gasteiger partial charge in [0.2, 0.25) is 5.88 Å². The average molecular weight is 197 g/mol. The molecule has 14 heavy (non-hydrogen) atoms. The molecule has 0 unspecified atom stereocenters. The maximum Gasteiger partial charge on any atom is 0.216 e. The van der Waals surface area contributed by atoms with E-state index in [4.69, 9.17) is 9.84 Å². The monoisotopic (exact) mass is 197 g/mol. The van der Waals surface area contributed by atoms with E-state index in [2.05, 4.69) is 4.98 Å². The predicted octanol–water partition coefficient (Wildman–Crippen LogP) is 2.31. The van der Waals surface area contributed by atoms with E-state index in [1.165, 1.54) is 0 Å². The number of aryl methyl sites for hydroxylation is 1. The molecule has 0 saturated carbocycles. The molecule has 1 N–H and O–H groups in total. The molecule has 0 aromatic carbocycles. The van der Waals surface area contributed by atoms with Crippen molar-refractivity contribution < 1.29 is 9.84 Å². The third-order valence-electron chi connectivity index (χ3n) is 1.62. The van der Waals surface area contributed by atoms with Gasteiger partial charge in [-0.25, -0.2) is 4.98 Å². The Kier molecular flexibility index (Phi) is 5.16. The Morgan fingerprint density at radius 3 is 2.57 bits per heavy atom. The fraction of sp³-hybridized carbons (Fsp3) is 0.545. The highest BCUT2D eigenvalue weighted by Gasteiger charge is 2.03. The van der Waals surface area contributed by atoms with Gasteiger partial charge < -0.3 is 9.84 Å². The lowest BCUT2D eigenvalue weighted by Gasteiger charge is -2.11. The van der Waals surface area contributed by atoms with Gasteiger partial charge in [0.05, 0.1) is 12.7 Å². The lowest BCUT2D eigenvalue weighted by Crippen LogP contribution is -2.08. The third-order valence-corrected chi connectivity index (χ3v) is 1.62. The topological polar surface area (TPSA) is 42.4 Å². The van der Waals surface area contributed by atoms with Crippen LogP contribution in [-0.4, -0.2) is 16.2 Å². The van der Waals surface area contributed by atoms with Crippen molar-refractivity contribution in [3.05, 3.63) is 23.4 Å². The third kappa shape index (κ3) is 3.34. The standard InChI is InChI=1S/C10H15NO2.CH4/c1-7(2)13-10-8(3)4-9(6-12)5-11-10;/h4-5,7,12H,6H2,1-3H3;1H4. The fourth-order valence-corrected chi connectivity index (χ4v) is 1.05. The van der Waals surface area contributed by atoms with Gasteiger partial charge >= 0.3 is 0 Å². The van der Waals surface area contributed by atoms with E-state index >= 15 is 0 Å². The van der Waals surface area contributed by atoms with E-state index in [0.29, 0.717) is 5.88 Å². The fourth-order valence-electron chi connectivity index (χ4n) is 1.05. The molecule has 1 heterocycles. The maximum atomic E-state index is 8.85. The summed E-state index contributed by atoms with van der Waals surface area (Å²) < 4.78 is 5.45. The summed E-state index contributed by atoms with van der Waals surface area (Å²) in [6, 6.07) is 1.88. The Balaban J connectivity index is 0.00000169. The van der Waals surface area contributed by atoms with Crippen molar-refractivity contribution in [3.8, 4) is 5.88 Å². The van der Waals surface area contributed by atoms with Gasteiger partial charge in [-0.2, -0.15) is 0 Å². The molecule has 0 aliphatic heterocycles. The van der Waals surface area contributed by atoms with Crippen molar-refractivity contribution in [3.63, 3.8) is 0 Å². The van der Waals surface area contributed by atoms with Crippen LogP contribution in [0.5, 0.6) is 5.88 Å². The second-order valence-electron chi connectivity index (χ2n) is 3.29. The molecule has 3 heteroatoms. The van der Waals surface area contributed by atoms with Gasteiger partial charge in [-0.15, -0.1) is 0 Å². The highest BCUT2D eigenvalue weighted by atomic mass is 16.5. The molecule has 80 valence electrons. The van der Waals surface area contributed by atoms with Gasteiger partial charge in [-0.3, -0.25) is 0 Å². The highest BCUT2D eigenvalue weighted by Crippen LogP contribution is 2.16. The average Bonchev–Trinajstić information content (AvgIpc) is 2.08. The molecule has 0 amide bonds. The van der Waals surface area contributed by atoms with Crippen molar-refractivity contribution >= 4 is 0 Å². The lowest BCUT2D eigenvalue weighted by molar-refractivity contribution is 0.230. The molecule has 1 rings (SSSR count). The summed E-state index contributed by atoms with van der Waals surface area (Å²) in [6.45, 7) is 5.86. The van der Waals surface area contributed by atoms with E-state index in [0.717, 1.165) is 11.1 Å². The van der Waals surface area contributed by atoms with Gasteiger partial charge in [0.15, 0.2) is 0 Å². The van der Waals surface area contributed by atoms with Crippen LogP contribution in [0.4, 0.5) is 0 Å². The molecule has 0 bridgehead atoms. The van der Waals surface area contributed by atoms with Gasteiger partial charge in [0.25, 0.3) is 0 Å². The number of hydrogen-bond acceptors (Lipinski definition) is 3. The summed E-state index contributed by atoms with van der Waals surface area (Å²) in [5, 5.41) is 8.85. The Bertz CT molecular complexity index is 285.